The number of benzene rings is 3. The van der Waals surface area contributed by atoms with Crippen LogP contribution in [0, 0.1) is 0 Å². The van der Waals surface area contributed by atoms with Gasteiger partial charge in [0, 0.05) is 10.6 Å². The van der Waals surface area contributed by atoms with Gasteiger partial charge in [-0.05, 0) is 67.1 Å². The molecule has 0 heterocycles. The van der Waals surface area contributed by atoms with Crippen LogP contribution < -0.4 is 15.4 Å². The molecular weight excluding hydrogens is 456 g/mol. The lowest BCUT2D eigenvalue weighted by molar-refractivity contribution is -0.120. The average molecular weight is 493 g/mol. The Labute approximate surface area is 213 Å². The summed E-state index contributed by atoms with van der Waals surface area (Å²) in [5.74, 6) is 1.41. The molecule has 186 valence electrons. The molecule has 5 nitrogen and oxygen atoms in total. The van der Waals surface area contributed by atoms with Crippen molar-refractivity contribution in [1.29, 1.82) is 0 Å². The summed E-state index contributed by atoms with van der Waals surface area (Å²) < 4.78 is 5.32. The molecule has 0 unspecified atom stereocenters. The van der Waals surface area contributed by atoms with E-state index in [1.807, 2.05) is 94.4 Å². The summed E-state index contributed by atoms with van der Waals surface area (Å²) in [6.07, 6.45) is 0.311. The number of methoxy groups -OCH3 is 1. The second-order valence-corrected chi connectivity index (χ2v) is 9.50. The van der Waals surface area contributed by atoms with Gasteiger partial charge < -0.3 is 15.4 Å². The third kappa shape index (κ3) is 7.89. The largest absolute Gasteiger partial charge is 0.495 e. The van der Waals surface area contributed by atoms with Gasteiger partial charge in [-0.2, -0.15) is 0 Å². The molecule has 0 aromatic heterocycles. The molecule has 3 aromatic rings. The van der Waals surface area contributed by atoms with Crippen molar-refractivity contribution in [2.24, 2.45) is 0 Å². The van der Waals surface area contributed by atoms with E-state index < -0.39 is 5.41 Å². The molecule has 0 saturated heterocycles. The predicted octanol–water partition coefficient (Wildman–Crippen LogP) is 6.93. The summed E-state index contributed by atoms with van der Waals surface area (Å²) in [5, 5.41) is 5.88. The third-order valence-corrected chi connectivity index (χ3v) is 6.31. The number of para-hydroxylation sites is 2. The zero-order chi connectivity index (χ0) is 25.8. The maximum atomic E-state index is 13.0. The molecule has 0 saturated carbocycles. The van der Waals surface area contributed by atoms with E-state index in [9.17, 15) is 9.59 Å². The Bertz CT molecular complexity index is 1090. The lowest BCUT2D eigenvalue weighted by Crippen LogP contribution is -2.34. The molecule has 2 N–H and O–H groups in total. The van der Waals surface area contributed by atoms with E-state index in [4.69, 9.17) is 4.74 Å². The molecule has 0 bridgehead atoms. The minimum atomic E-state index is -0.776. The first-order valence-electron chi connectivity index (χ1n) is 11.9. The van der Waals surface area contributed by atoms with E-state index in [-0.39, 0.29) is 11.8 Å². The predicted molar refractivity (Wildman–Crippen MR) is 148 cm³/mol. The number of ether oxygens (including phenoxy) is 1. The fourth-order valence-electron chi connectivity index (χ4n) is 3.39. The zero-order valence-corrected chi connectivity index (χ0v) is 22.3. The molecule has 0 atom stereocenters. The molecule has 0 spiro atoms. The molecule has 0 aliphatic rings. The summed E-state index contributed by atoms with van der Waals surface area (Å²) >= 11 is 1.78. The van der Waals surface area contributed by atoms with E-state index >= 15 is 0 Å². The monoisotopic (exact) mass is 492 g/mol. The van der Waals surface area contributed by atoms with Gasteiger partial charge in [0.1, 0.15) is 5.75 Å². The van der Waals surface area contributed by atoms with Crippen molar-refractivity contribution in [1.82, 2.24) is 0 Å². The van der Waals surface area contributed by atoms with E-state index in [0.717, 1.165) is 16.9 Å². The van der Waals surface area contributed by atoms with E-state index in [2.05, 4.69) is 17.6 Å². The third-order valence-electron chi connectivity index (χ3n) is 5.41. The van der Waals surface area contributed by atoms with Gasteiger partial charge in [0.25, 0.3) is 0 Å². The minimum Gasteiger partial charge on any atom is -0.495 e. The number of anilines is 2. The first kappa shape index (κ1) is 28.0. The summed E-state index contributed by atoms with van der Waals surface area (Å²) in [6.45, 7) is 9.85. The SMILES string of the molecule is CC.CCSc1ccc(CC(=O)Nc2ccc(C(C)(C)C(=O)Nc3ccccc3OC)cc2)cc1. The Morgan fingerprint density at radius 2 is 1.51 bits per heavy atom. The van der Waals surface area contributed by atoms with Crippen molar-refractivity contribution >= 4 is 35.0 Å². The number of rotatable bonds is 9. The molecule has 0 radical (unpaired) electrons. The van der Waals surface area contributed by atoms with E-state index in [0.29, 0.717) is 23.5 Å². The molecule has 6 heteroatoms. The first-order chi connectivity index (χ1) is 16.8. The maximum absolute atomic E-state index is 13.0. The second-order valence-electron chi connectivity index (χ2n) is 8.16. The number of carbonyl (C=O) groups is 2. The molecule has 3 rings (SSSR count). The summed E-state index contributed by atoms with van der Waals surface area (Å²) in [6, 6.07) is 22.8. The van der Waals surface area contributed by atoms with Crippen LogP contribution in [0.1, 0.15) is 45.7 Å². The standard InChI is InChI=1S/C27H30N2O3S.C2H6/c1-5-33-22-16-10-19(11-17-22)18-25(30)28-21-14-12-20(13-15-21)27(2,3)26(31)29-23-8-6-7-9-24(23)32-4;1-2/h6-17H,5,18H2,1-4H3,(H,28,30)(H,29,31);1-2H3. The number of nitrogens with one attached hydrogen (secondary N) is 2. The quantitative estimate of drug-likeness (QED) is 0.318. The Balaban J connectivity index is 0.00000210. The summed E-state index contributed by atoms with van der Waals surface area (Å²) in [5.41, 5.74) is 2.36. The van der Waals surface area contributed by atoms with E-state index in [1.54, 1.807) is 24.9 Å². The highest BCUT2D eigenvalue weighted by molar-refractivity contribution is 7.99. The van der Waals surface area contributed by atoms with Crippen LogP contribution in [0.3, 0.4) is 0 Å². The van der Waals surface area contributed by atoms with Crippen molar-refractivity contribution in [3.63, 3.8) is 0 Å². The Hall–Kier alpha value is -3.25. The van der Waals surface area contributed by atoms with Gasteiger partial charge >= 0.3 is 0 Å². The van der Waals surface area contributed by atoms with Crippen LogP contribution in [-0.4, -0.2) is 24.7 Å². The van der Waals surface area contributed by atoms with Gasteiger partial charge in [-0.15, -0.1) is 11.8 Å². The highest BCUT2D eigenvalue weighted by Crippen LogP contribution is 2.29. The minimum absolute atomic E-state index is 0.0770. The summed E-state index contributed by atoms with van der Waals surface area (Å²) in [7, 11) is 1.57. The lowest BCUT2D eigenvalue weighted by atomic mass is 9.83. The smallest absolute Gasteiger partial charge is 0.234 e. The Kier molecular flexibility index (Phi) is 10.9. The van der Waals surface area contributed by atoms with Crippen molar-refractivity contribution in [3.8, 4) is 5.75 Å². The first-order valence-corrected chi connectivity index (χ1v) is 12.9. The van der Waals surface area contributed by atoms with Crippen LogP contribution in [0.4, 0.5) is 11.4 Å². The second kappa shape index (κ2) is 13.6. The number of hydrogen-bond donors (Lipinski definition) is 2. The van der Waals surface area contributed by atoms with Gasteiger partial charge in [-0.1, -0.05) is 57.2 Å². The normalized spacial score (nSPS) is 10.6. The lowest BCUT2D eigenvalue weighted by Gasteiger charge is -2.25. The maximum Gasteiger partial charge on any atom is 0.234 e. The van der Waals surface area contributed by atoms with Crippen LogP contribution in [0.5, 0.6) is 5.75 Å². The zero-order valence-electron chi connectivity index (χ0n) is 21.5. The number of thioether (sulfide) groups is 1. The molecule has 2 amide bonds. The van der Waals surface area contributed by atoms with Gasteiger partial charge in [0.15, 0.2) is 0 Å². The summed E-state index contributed by atoms with van der Waals surface area (Å²) in [4.78, 5) is 26.7. The molecule has 0 fully saturated rings. The molecule has 0 aliphatic carbocycles. The highest BCUT2D eigenvalue weighted by atomic mass is 32.2. The van der Waals surface area contributed by atoms with Crippen LogP contribution >= 0.6 is 11.8 Å². The topological polar surface area (TPSA) is 67.4 Å². The van der Waals surface area contributed by atoms with Crippen LogP contribution in [0.15, 0.2) is 77.7 Å². The Morgan fingerprint density at radius 3 is 2.11 bits per heavy atom. The van der Waals surface area contributed by atoms with E-state index in [1.165, 1.54) is 4.90 Å². The van der Waals surface area contributed by atoms with Gasteiger partial charge in [-0.3, -0.25) is 9.59 Å². The van der Waals surface area contributed by atoms with Crippen LogP contribution in [0.25, 0.3) is 0 Å². The molecule has 35 heavy (non-hydrogen) atoms. The Morgan fingerprint density at radius 1 is 0.886 bits per heavy atom. The fourth-order valence-corrected chi connectivity index (χ4v) is 4.05. The van der Waals surface area contributed by atoms with Crippen molar-refractivity contribution in [3.05, 3.63) is 83.9 Å². The van der Waals surface area contributed by atoms with Gasteiger partial charge in [-0.25, -0.2) is 0 Å². The van der Waals surface area contributed by atoms with Crippen molar-refractivity contribution < 1.29 is 14.3 Å². The molecule has 0 aliphatic heterocycles. The number of hydrogen-bond acceptors (Lipinski definition) is 4. The number of carbonyl (C=O) groups excluding carboxylic acids is 2. The van der Waals surface area contributed by atoms with Crippen LogP contribution in [-0.2, 0) is 21.4 Å². The van der Waals surface area contributed by atoms with Crippen molar-refractivity contribution in [2.45, 2.75) is 51.3 Å². The van der Waals surface area contributed by atoms with Gasteiger partial charge in [0.05, 0.1) is 24.6 Å². The molecule has 3 aromatic carbocycles. The van der Waals surface area contributed by atoms with Gasteiger partial charge in [0.2, 0.25) is 11.8 Å². The van der Waals surface area contributed by atoms with Crippen LogP contribution in [0.2, 0.25) is 0 Å². The number of amides is 2. The fraction of sp³-hybridized carbons (Fsp3) is 0.310. The highest BCUT2D eigenvalue weighted by Gasteiger charge is 2.30. The van der Waals surface area contributed by atoms with Crippen molar-refractivity contribution in [2.75, 3.05) is 23.5 Å². The average Bonchev–Trinajstić information content (AvgIpc) is 2.87. The molecular formula is C29H36N2O3S.